The number of thiophene rings is 1. The second kappa shape index (κ2) is 5.21. The molecule has 3 N–H and O–H groups in total. The number of rotatable bonds is 3. The van der Waals surface area contributed by atoms with Gasteiger partial charge in [0.05, 0.1) is 23.0 Å². The third-order valence-electron chi connectivity index (χ3n) is 2.38. The summed E-state index contributed by atoms with van der Waals surface area (Å²) in [5.41, 5.74) is 6.38. The van der Waals surface area contributed by atoms with Crippen LogP contribution in [0.5, 0.6) is 0 Å². The van der Waals surface area contributed by atoms with Crippen molar-refractivity contribution in [2.45, 2.75) is 4.21 Å². The van der Waals surface area contributed by atoms with E-state index in [1.54, 1.807) is 0 Å². The molecule has 0 amide bonds. The lowest BCUT2D eigenvalue weighted by Crippen LogP contribution is -2.12. The van der Waals surface area contributed by atoms with Gasteiger partial charge in [-0.2, -0.15) is 10.5 Å². The monoisotopic (exact) mass is 304 g/mol. The maximum atomic E-state index is 12.1. The van der Waals surface area contributed by atoms with Crippen LogP contribution in [-0.2, 0) is 10.0 Å². The number of hydrogen-bond acceptors (Lipinski definition) is 6. The Hall–Kier alpha value is -2.55. The highest BCUT2D eigenvalue weighted by Crippen LogP contribution is 2.26. The van der Waals surface area contributed by atoms with Crippen molar-refractivity contribution >= 4 is 32.7 Å². The third kappa shape index (κ3) is 2.72. The van der Waals surface area contributed by atoms with Gasteiger partial charge in [0.15, 0.2) is 0 Å². The molecule has 8 heteroatoms. The minimum atomic E-state index is -3.79. The maximum Gasteiger partial charge on any atom is 0.271 e. The van der Waals surface area contributed by atoms with Gasteiger partial charge in [-0.25, -0.2) is 8.42 Å². The van der Waals surface area contributed by atoms with Crippen LogP contribution in [0.1, 0.15) is 10.4 Å². The number of nitrogens with two attached hydrogens (primary N) is 1. The number of sulfonamides is 1. The van der Waals surface area contributed by atoms with Crippen LogP contribution in [0.25, 0.3) is 0 Å². The predicted octanol–water partition coefficient (Wildman–Crippen LogP) is 1.87. The van der Waals surface area contributed by atoms with Crippen LogP contribution in [0.3, 0.4) is 0 Å². The van der Waals surface area contributed by atoms with Crippen LogP contribution in [-0.4, -0.2) is 8.42 Å². The van der Waals surface area contributed by atoms with E-state index in [2.05, 4.69) is 4.72 Å². The Bertz CT molecular complexity index is 841. The molecule has 0 unspecified atom stereocenters. The summed E-state index contributed by atoms with van der Waals surface area (Å²) >= 11 is 0.868. The first-order valence-corrected chi connectivity index (χ1v) is 7.58. The van der Waals surface area contributed by atoms with Gasteiger partial charge in [0.2, 0.25) is 0 Å². The smallest absolute Gasteiger partial charge is 0.271 e. The Labute approximate surface area is 119 Å². The molecule has 1 aromatic carbocycles. The second-order valence-corrected chi connectivity index (χ2v) is 6.74. The van der Waals surface area contributed by atoms with Crippen molar-refractivity contribution in [2.24, 2.45) is 0 Å². The summed E-state index contributed by atoms with van der Waals surface area (Å²) in [5.74, 6) is 0. The fourth-order valence-electron chi connectivity index (χ4n) is 1.44. The fraction of sp³-hybridized carbons (Fsp3) is 0. The predicted molar refractivity (Wildman–Crippen MR) is 75.4 cm³/mol. The first-order chi connectivity index (χ1) is 9.46. The molecule has 1 aromatic heterocycles. The van der Waals surface area contributed by atoms with Crippen molar-refractivity contribution in [1.29, 1.82) is 10.5 Å². The number of hydrogen-bond donors (Lipinski definition) is 2. The zero-order chi connectivity index (χ0) is 14.8. The molecule has 2 rings (SSSR count). The maximum absolute atomic E-state index is 12.1. The quantitative estimate of drug-likeness (QED) is 0.839. The molecule has 0 aliphatic heterocycles. The van der Waals surface area contributed by atoms with E-state index >= 15 is 0 Å². The molecular formula is C12H8N4O2S2. The van der Waals surface area contributed by atoms with Gasteiger partial charge < -0.3 is 5.73 Å². The van der Waals surface area contributed by atoms with E-state index < -0.39 is 10.0 Å². The molecule has 0 atom stereocenters. The molecule has 0 fully saturated rings. The van der Waals surface area contributed by atoms with Gasteiger partial charge in [0, 0.05) is 0 Å². The standard InChI is InChI=1S/C12H8N4O2S2/c13-6-8-1-3-11(10(15)5-8)16-20(17,18)12-4-2-9(7-14)19-12/h1-5,16H,15H2. The first-order valence-electron chi connectivity index (χ1n) is 5.28. The van der Waals surface area contributed by atoms with E-state index in [0.29, 0.717) is 10.4 Å². The van der Waals surface area contributed by atoms with Gasteiger partial charge in [-0.3, -0.25) is 4.72 Å². The first kappa shape index (κ1) is 13.9. The molecule has 0 spiro atoms. The fourth-order valence-corrected chi connectivity index (χ4v) is 3.64. The van der Waals surface area contributed by atoms with Gasteiger partial charge in [0.25, 0.3) is 10.0 Å². The van der Waals surface area contributed by atoms with E-state index in [1.165, 1.54) is 30.3 Å². The van der Waals surface area contributed by atoms with Crippen molar-refractivity contribution < 1.29 is 8.42 Å². The van der Waals surface area contributed by atoms with Gasteiger partial charge in [-0.05, 0) is 30.3 Å². The molecule has 0 saturated heterocycles. The molecule has 100 valence electrons. The summed E-state index contributed by atoms with van der Waals surface area (Å²) in [6.07, 6.45) is 0. The van der Waals surface area contributed by atoms with Gasteiger partial charge in [0.1, 0.15) is 15.2 Å². The van der Waals surface area contributed by atoms with Crippen molar-refractivity contribution in [3.05, 3.63) is 40.8 Å². The summed E-state index contributed by atoms with van der Waals surface area (Å²) in [6, 6.07) is 10.8. The molecule has 20 heavy (non-hydrogen) atoms. The topological polar surface area (TPSA) is 120 Å². The van der Waals surface area contributed by atoms with E-state index in [1.807, 2.05) is 12.1 Å². The molecular weight excluding hydrogens is 296 g/mol. The molecule has 2 aromatic rings. The molecule has 0 bridgehead atoms. The Balaban J connectivity index is 2.34. The third-order valence-corrected chi connectivity index (χ3v) is 5.23. The Morgan fingerprint density at radius 3 is 2.45 bits per heavy atom. The summed E-state index contributed by atoms with van der Waals surface area (Å²) in [4.78, 5) is 0.304. The SMILES string of the molecule is N#Cc1ccc(NS(=O)(=O)c2ccc(C#N)s2)c(N)c1. The number of nitrogens with one attached hydrogen (secondary N) is 1. The van der Waals surface area contributed by atoms with Crippen molar-refractivity contribution in [3.8, 4) is 12.1 Å². The average molecular weight is 304 g/mol. The van der Waals surface area contributed by atoms with Crippen LogP contribution in [0, 0.1) is 22.7 Å². The minimum absolute atomic E-state index is 0.0257. The van der Waals surface area contributed by atoms with Gasteiger partial charge >= 0.3 is 0 Å². The van der Waals surface area contributed by atoms with Crippen LogP contribution in [0.2, 0.25) is 0 Å². The zero-order valence-electron chi connectivity index (χ0n) is 9.99. The molecule has 6 nitrogen and oxygen atoms in total. The highest BCUT2D eigenvalue weighted by atomic mass is 32.2. The van der Waals surface area contributed by atoms with Crippen molar-refractivity contribution in [2.75, 3.05) is 10.5 Å². The minimum Gasteiger partial charge on any atom is -0.397 e. The van der Waals surface area contributed by atoms with Crippen molar-refractivity contribution in [1.82, 2.24) is 0 Å². The highest BCUT2D eigenvalue weighted by Gasteiger charge is 2.18. The average Bonchev–Trinajstić information content (AvgIpc) is 2.90. The lowest BCUT2D eigenvalue weighted by atomic mass is 10.2. The molecule has 0 radical (unpaired) electrons. The van der Waals surface area contributed by atoms with E-state index in [4.69, 9.17) is 16.3 Å². The van der Waals surface area contributed by atoms with Gasteiger partial charge in [-0.1, -0.05) is 0 Å². The van der Waals surface area contributed by atoms with E-state index in [0.717, 1.165) is 11.3 Å². The number of nitrogens with zero attached hydrogens (tertiary/aromatic N) is 2. The van der Waals surface area contributed by atoms with Crippen LogP contribution in [0.4, 0.5) is 11.4 Å². The van der Waals surface area contributed by atoms with Crippen LogP contribution < -0.4 is 10.5 Å². The van der Waals surface area contributed by atoms with Crippen LogP contribution in [0.15, 0.2) is 34.5 Å². The summed E-state index contributed by atoms with van der Waals surface area (Å²) < 4.78 is 26.6. The normalized spacial score (nSPS) is 10.5. The Morgan fingerprint density at radius 1 is 1.15 bits per heavy atom. The molecule has 1 heterocycles. The van der Waals surface area contributed by atoms with Crippen LogP contribution >= 0.6 is 11.3 Å². The largest absolute Gasteiger partial charge is 0.397 e. The molecule has 0 aliphatic carbocycles. The van der Waals surface area contributed by atoms with Gasteiger partial charge in [-0.15, -0.1) is 11.3 Å². The zero-order valence-corrected chi connectivity index (χ0v) is 11.6. The lowest BCUT2D eigenvalue weighted by Gasteiger charge is -2.08. The summed E-state index contributed by atoms with van der Waals surface area (Å²) in [5, 5.41) is 17.4. The van der Waals surface area contributed by atoms with Crippen molar-refractivity contribution in [3.63, 3.8) is 0 Å². The van der Waals surface area contributed by atoms with E-state index in [-0.39, 0.29) is 15.6 Å². The summed E-state index contributed by atoms with van der Waals surface area (Å²) in [6.45, 7) is 0. The number of nitriles is 2. The number of benzene rings is 1. The molecule has 0 aliphatic rings. The second-order valence-electron chi connectivity index (χ2n) is 3.75. The lowest BCUT2D eigenvalue weighted by molar-refractivity contribution is 0.603. The van der Waals surface area contributed by atoms with E-state index in [9.17, 15) is 8.42 Å². The number of anilines is 2. The Kier molecular flexibility index (Phi) is 3.61. The molecule has 0 saturated carbocycles. The number of nitrogen functional groups attached to an aromatic ring is 1. The highest BCUT2D eigenvalue weighted by molar-refractivity contribution is 7.94. The summed E-state index contributed by atoms with van der Waals surface area (Å²) in [7, 11) is -3.79. The Morgan fingerprint density at radius 2 is 1.90 bits per heavy atom.